The van der Waals surface area contributed by atoms with E-state index in [1.165, 1.54) is 24.5 Å². The van der Waals surface area contributed by atoms with Crippen LogP contribution in [0.3, 0.4) is 0 Å². The quantitative estimate of drug-likeness (QED) is 0.789. The zero-order valence-electron chi connectivity index (χ0n) is 9.79. The molecule has 0 amide bonds. The summed E-state index contributed by atoms with van der Waals surface area (Å²) in [5, 5.41) is 8.93. The highest BCUT2D eigenvalue weighted by molar-refractivity contribution is 5.91. The molecule has 0 aromatic carbocycles. The lowest BCUT2D eigenvalue weighted by molar-refractivity contribution is -0.148. The molecule has 0 bridgehead atoms. The first-order chi connectivity index (χ1) is 8.00. The summed E-state index contributed by atoms with van der Waals surface area (Å²) in [4.78, 5) is 26.3. The van der Waals surface area contributed by atoms with E-state index >= 15 is 0 Å². The summed E-state index contributed by atoms with van der Waals surface area (Å²) in [6.07, 6.45) is 2.10. The Labute approximate surface area is 99.4 Å². The van der Waals surface area contributed by atoms with Gasteiger partial charge in [-0.25, -0.2) is 9.59 Å². The third-order valence-corrected chi connectivity index (χ3v) is 2.13. The largest absolute Gasteiger partial charge is 0.479 e. The molecule has 1 unspecified atom stereocenters. The van der Waals surface area contributed by atoms with E-state index in [2.05, 4.69) is 4.98 Å². The van der Waals surface area contributed by atoms with E-state index < -0.39 is 18.0 Å². The van der Waals surface area contributed by atoms with E-state index in [0.717, 1.165) is 0 Å². The Hall–Kier alpha value is -1.91. The van der Waals surface area contributed by atoms with Crippen molar-refractivity contribution < 1.29 is 19.4 Å². The number of aromatic nitrogens is 1. The van der Waals surface area contributed by atoms with Gasteiger partial charge in [0.25, 0.3) is 0 Å². The lowest BCUT2D eigenvalue weighted by Crippen LogP contribution is -2.28. The van der Waals surface area contributed by atoms with E-state index in [4.69, 9.17) is 9.84 Å². The van der Waals surface area contributed by atoms with Crippen molar-refractivity contribution in [3.05, 3.63) is 30.1 Å². The normalized spacial score (nSPS) is 12.2. The summed E-state index contributed by atoms with van der Waals surface area (Å²) in [6.45, 7) is 3.74. The minimum absolute atomic E-state index is 0.140. The van der Waals surface area contributed by atoms with Crippen molar-refractivity contribution in [1.29, 1.82) is 0 Å². The number of hydrogen-bond acceptors (Lipinski definition) is 4. The molecule has 0 aliphatic heterocycles. The monoisotopic (exact) mass is 237 g/mol. The third kappa shape index (κ3) is 4.22. The van der Waals surface area contributed by atoms with Crippen LogP contribution in [0, 0.1) is 5.92 Å². The van der Waals surface area contributed by atoms with E-state index in [-0.39, 0.29) is 5.92 Å². The molecule has 0 saturated carbocycles. The average Bonchev–Trinajstić information content (AvgIpc) is 2.28. The first-order valence-electron chi connectivity index (χ1n) is 5.34. The number of nitrogens with zero attached hydrogens (tertiary/aromatic N) is 1. The summed E-state index contributed by atoms with van der Waals surface area (Å²) < 4.78 is 4.94. The molecule has 5 heteroatoms. The molecule has 1 heterocycles. The maximum absolute atomic E-state index is 11.6. The number of carbonyl (C=O) groups is 2. The van der Waals surface area contributed by atoms with Crippen molar-refractivity contribution in [2.75, 3.05) is 0 Å². The van der Waals surface area contributed by atoms with Gasteiger partial charge in [0.2, 0.25) is 0 Å². The lowest BCUT2D eigenvalue weighted by atomic mass is 10.1. The van der Waals surface area contributed by atoms with Crippen LogP contribution in [0.2, 0.25) is 0 Å². The van der Waals surface area contributed by atoms with Crippen LogP contribution >= 0.6 is 0 Å². The molecule has 0 aliphatic carbocycles. The number of esters is 1. The SMILES string of the molecule is CC(C)CC(OC(=O)c1ccncc1)C(=O)O. The van der Waals surface area contributed by atoms with E-state index in [0.29, 0.717) is 12.0 Å². The summed E-state index contributed by atoms with van der Waals surface area (Å²) in [7, 11) is 0. The zero-order valence-corrected chi connectivity index (χ0v) is 9.79. The maximum Gasteiger partial charge on any atom is 0.345 e. The molecular formula is C12H15NO4. The van der Waals surface area contributed by atoms with Gasteiger partial charge >= 0.3 is 11.9 Å². The van der Waals surface area contributed by atoms with Gasteiger partial charge in [-0.2, -0.15) is 0 Å². The van der Waals surface area contributed by atoms with Crippen molar-refractivity contribution in [2.45, 2.75) is 26.4 Å². The molecule has 5 nitrogen and oxygen atoms in total. The summed E-state index contributed by atoms with van der Waals surface area (Å²) in [5.74, 6) is -1.62. The molecule has 0 saturated heterocycles. The fourth-order valence-electron chi connectivity index (χ4n) is 1.31. The molecule has 0 aliphatic rings. The number of carbonyl (C=O) groups excluding carboxylic acids is 1. The van der Waals surface area contributed by atoms with Gasteiger partial charge in [-0.3, -0.25) is 4.98 Å². The highest BCUT2D eigenvalue weighted by atomic mass is 16.6. The number of pyridine rings is 1. The first-order valence-corrected chi connectivity index (χ1v) is 5.34. The molecule has 1 atom stereocenters. The highest BCUT2D eigenvalue weighted by Crippen LogP contribution is 2.11. The van der Waals surface area contributed by atoms with Gasteiger partial charge < -0.3 is 9.84 Å². The molecule has 0 spiro atoms. The molecule has 0 fully saturated rings. The van der Waals surface area contributed by atoms with Crippen LogP contribution in [0.25, 0.3) is 0 Å². The fourth-order valence-corrected chi connectivity index (χ4v) is 1.31. The second-order valence-corrected chi connectivity index (χ2v) is 4.10. The van der Waals surface area contributed by atoms with Crippen LogP contribution in [-0.4, -0.2) is 28.1 Å². The van der Waals surface area contributed by atoms with Crippen LogP contribution < -0.4 is 0 Å². The number of rotatable bonds is 5. The van der Waals surface area contributed by atoms with Crippen molar-refractivity contribution in [3.8, 4) is 0 Å². The topological polar surface area (TPSA) is 76.5 Å². The van der Waals surface area contributed by atoms with Crippen LogP contribution in [0.4, 0.5) is 0 Å². The number of carboxylic acids is 1. The minimum atomic E-state index is -1.12. The minimum Gasteiger partial charge on any atom is -0.479 e. The van der Waals surface area contributed by atoms with Gasteiger partial charge in [-0.15, -0.1) is 0 Å². The Bertz CT molecular complexity index is 389. The van der Waals surface area contributed by atoms with E-state index in [1.807, 2.05) is 13.8 Å². The number of aliphatic carboxylic acids is 1. The van der Waals surface area contributed by atoms with Crippen LogP contribution in [-0.2, 0) is 9.53 Å². The molecule has 1 aromatic heterocycles. The van der Waals surface area contributed by atoms with Crippen molar-refractivity contribution in [2.24, 2.45) is 5.92 Å². The second-order valence-electron chi connectivity index (χ2n) is 4.10. The van der Waals surface area contributed by atoms with Crippen LogP contribution in [0.5, 0.6) is 0 Å². The Morgan fingerprint density at radius 1 is 1.35 bits per heavy atom. The Morgan fingerprint density at radius 2 is 1.94 bits per heavy atom. The van der Waals surface area contributed by atoms with Gasteiger partial charge in [0.1, 0.15) is 0 Å². The molecular weight excluding hydrogens is 222 g/mol. The molecule has 1 aromatic rings. The fraction of sp³-hybridized carbons (Fsp3) is 0.417. The van der Waals surface area contributed by atoms with Gasteiger partial charge in [0, 0.05) is 12.4 Å². The van der Waals surface area contributed by atoms with Gasteiger partial charge in [-0.1, -0.05) is 13.8 Å². The van der Waals surface area contributed by atoms with Gasteiger partial charge in [-0.05, 0) is 24.5 Å². The highest BCUT2D eigenvalue weighted by Gasteiger charge is 2.23. The Kier molecular flexibility index (Phi) is 4.63. The zero-order chi connectivity index (χ0) is 12.8. The van der Waals surface area contributed by atoms with Crippen molar-refractivity contribution >= 4 is 11.9 Å². The smallest absolute Gasteiger partial charge is 0.345 e. The third-order valence-electron chi connectivity index (χ3n) is 2.13. The molecule has 92 valence electrons. The van der Waals surface area contributed by atoms with Gasteiger partial charge in [0.05, 0.1) is 5.56 Å². The van der Waals surface area contributed by atoms with Crippen LogP contribution in [0.1, 0.15) is 30.6 Å². The van der Waals surface area contributed by atoms with Crippen molar-refractivity contribution in [3.63, 3.8) is 0 Å². The summed E-state index contributed by atoms with van der Waals surface area (Å²) >= 11 is 0. The predicted octanol–water partition coefficient (Wildman–Crippen LogP) is 1.74. The van der Waals surface area contributed by atoms with E-state index in [1.54, 1.807) is 0 Å². The Morgan fingerprint density at radius 3 is 2.41 bits per heavy atom. The second kappa shape index (κ2) is 5.98. The summed E-state index contributed by atoms with van der Waals surface area (Å²) in [5.41, 5.74) is 0.301. The van der Waals surface area contributed by atoms with E-state index in [9.17, 15) is 9.59 Å². The number of ether oxygens (including phenoxy) is 1. The first kappa shape index (κ1) is 13.2. The van der Waals surface area contributed by atoms with Crippen LogP contribution in [0.15, 0.2) is 24.5 Å². The molecule has 1 N–H and O–H groups in total. The summed E-state index contributed by atoms with van der Waals surface area (Å²) in [6, 6.07) is 2.97. The van der Waals surface area contributed by atoms with Gasteiger partial charge in [0.15, 0.2) is 6.10 Å². The standard InChI is InChI=1S/C12H15NO4/c1-8(2)7-10(11(14)15)17-12(16)9-3-5-13-6-4-9/h3-6,8,10H,7H2,1-2H3,(H,14,15). The molecule has 17 heavy (non-hydrogen) atoms. The molecule has 1 rings (SSSR count). The van der Waals surface area contributed by atoms with Crippen molar-refractivity contribution in [1.82, 2.24) is 4.98 Å². The molecule has 0 radical (unpaired) electrons. The Balaban J connectivity index is 2.68. The average molecular weight is 237 g/mol. The number of carboxylic acid groups (broad SMARTS) is 1. The lowest BCUT2D eigenvalue weighted by Gasteiger charge is -2.15. The maximum atomic E-state index is 11.6. The number of hydrogen-bond donors (Lipinski definition) is 1. The predicted molar refractivity (Wildman–Crippen MR) is 60.5 cm³/mol.